The summed E-state index contributed by atoms with van der Waals surface area (Å²) in [6.07, 6.45) is 2.51. The Labute approximate surface area is 125 Å². The van der Waals surface area contributed by atoms with Crippen LogP contribution in [0.3, 0.4) is 0 Å². The maximum Gasteiger partial charge on any atom is 0.240 e. The van der Waals surface area contributed by atoms with Crippen LogP contribution in [0.25, 0.3) is 0 Å². The van der Waals surface area contributed by atoms with Gasteiger partial charge in [0.05, 0.1) is 17.1 Å². The van der Waals surface area contributed by atoms with Gasteiger partial charge in [0, 0.05) is 13.2 Å². The summed E-state index contributed by atoms with van der Waals surface area (Å²) in [4.78, 5) is 0.276. The van der Waals surface area contributed by atoms with Crippen molar-refractivity contribution in [2.45, 2.75) is 17.9 Å². The van der Waals surface area contributed by atoms with E-state index in [-0.39, 0.29) is 11.4 Å². The van der Waals surface area contributed by atoms with E-state index in [4.69, 9.17) is 0 Å². The fourth-order valence-corrected chi connectivity index (χ4v) is 2.93. The summed E-state index contributed by atoms with van der Waals surface area (Å²) in [7, 11) is 0.171. The molecule has 1 aromatic heterocycles. The van der Waals surface area contributed by atoms with E-state index >= 15 is 0 Å². The van der Waals surface area contributed by atoms with Crippen LogP contribution in [0.4, 0.5) is 0 Å². The number of nitrogens with one attached hydrogen (secondary N) is 2. The van der Waals surface area contributed by atoms with E-state index in [2.05, 4.69) is 15.1 Å². The van der Waals surface area contributed by atoms with Crippen molar-refractivity contribution in [2.75, 3.05) is 13.6 Å². The zero-order valence-electron chi connectivity index (χ0n) is 12.2. The van der Waals surface area contributed by atoms with Crippen LogP contribution in [0, 0.1) is 0 Å². The average molecular weight is 308 g/mol. The van der Waals surface area contributed by atoms with Crippen LogP contribution in [0.15, 0.2) is 41.4 Å². The third-order valence-electron chi connectivity index (χ3n) is 3.26. The third kappa shape index (κ3) is 4.13. The summed E-state index contributed by atoms with van der Waals surface area (Å²) in [6.45, 7) is 1.09. The fourth-order valence-electron chi connectivity index (χ4n) is 1.93. The van der Waals surface area contributed by atoms with Gasteiger partial charge in [-0.15, -0.1) is 0 Å². The second-order valence-electron chi connectivity index (χ2n) is 4.77. The molecule has 0 atom stereocenters. The highest BCUT2D eigenvalue weighted by molar-refractivity contribution is 7.89. The maximum atomic E-state index is 12.2. The first-order chi connectivity index (χ1) is 10.0. The Bertz CT molecular complexity index is 677. The SMILES string of the molecule is CNCCc1ccc(S(=O)(=O)NCc2ccnn2C)cc1. The molecule has 0 saturated carbocycles. The lowest BCUT2D eigenvalue weighted by Crippen LogP contribution is -2.24. The molecule has 2 N–H and O–H groups in total. The highest BCUT2D eigenvalue weighted by atomic mass is 32.2. The summed E-state index contributed by atoms with van der Waals surface area (Å²) in [5, 5.41) is 7.07. The molecule has 0 amide bonds. The third-order valence-corrected chi connectivity index (χ3v) is 4.68. The number of benzene rings is 1. The molecule has 1 heterocycles. The minimum absolute atomic E-state index is 0.223. The quantitative estimate of drug-likeness (QED) is 0.788. The molecule has 6 nitrogen and oxygen atoms in total. The zero-order valence-corrected chi connectivity index (χ0v) is 13.0. The number of sulfonamides is 1. The van der Waals surface area contributed by atoms with E-state index in [1.54, 1.807) is 36.1 Å². The van der Waals surface area contributed by atoms with Crippen LogP contribution in [0.5, 0.6) is 0 Å². The van der Waals surface area contributed by atoms with Gasteiger partial charge in [0.25, 0.3) is 0 Å². The summed E-state index contributed by atoms with van der Waals surface area (Å²) in [5.74, 6) is 0. The van der Waals surface area contributed by atoms with Gasteiger partial charge in [0.1, 0.15) is 0 Å². The van der Waals surface area contributed by atoms with Crippen molar-refractivity contribution in [3.63, 3.8) is 0 Å². The van der Waals surface area contributed by atoms with E-state index < -0.39 is 10.0 Å². The molecule has 2 aromatic rings. The lowest BCUT2D eigenvalue weighted by molar-refractivity contribution is 0.577. The zero-order chi connectivity index (χ0) is 15.3. The topological polar surface area (TPSA) is 76.0 Å². The Morgan fingerprint density at radius 1 is 1.19 bits per heavy atom. The summed E-state index contributed by atoms with van der Waals surface area (Å²) < 4.78 is 28.6. The van der Waals surface area contributed by atoms with Crippen molar-refractivity contribution in [1.29, 1.82) is 0 Å². The van der Waals surface area contributed by atoms with Gasteiger partial charge < -0.3 is 5.32 Å². The highest BCUT2D eigenvalue weighted by Crippen LogP contribution is 2.11. The van der Waals surface area contributed by atoms with E-state index in [9.17, 15) is 8.42 Å². The second-order valence-corrected chi connectivity index (χ2v) is 6.54. The number of aromatic nitrogens is 2. The first kappa shape index (κ1) is 15.7. The number of hydrogen-bond donors (Lipinski definition) is 2. The molecule has 0 unspecified atom stereocenters. The van der Waals surface area contributed by atoms with Gasteiger partial charge in [-0.2, -0.15) is 5.10 Å². The summed E-state index contributed by atoms with van der Waals surface area (Å²) in [5.41, 5.74) is 1.92. The fraction of sp³-hybridized carbons (Fsp3) is 0.357. The Morgan fingerprint density at radius 3 is 2.48 bits per heavy atom. The lowest BCUT2D eigenvalue weighted by Gasteiger charge is -2.08. The number of nitrogens with zero attached hydrogens (tertiary/aromatic N) is 2. The normalized spacial score (nSPS) is 11.7. The standard InChI is InChI=1S/C14H20N4O2S/c1-15-9-7-12-3-5-14(6-4-12)21(19,20)17-11-13-8-10-16-18(13)2/h3-6,8,10,15,17H,7,9,11H2,1-2H3. The van der Waals surface area contributed by atoms with Crippen molar-refractivity contribution in [3.8, 4) is 0 Å². The minimum atomic E-state index is -3.50. The molecule has 0 radical (unpaired) electrons. The number of aryl methyl sites for hydroxylation is 1. The number of likely N-dealkylation sites (N-methyl/N-ethyl adjacent to an activating group) is 1. The van der Waals surface area contributed by atoms with Crippen LogP contribution < -0.4 is 10.0 Å². The molecule has 0 fully saturated rings. The van der Waals surface area contributed by atoms with Crippen molar-refractivity contribution < 1.29 is 8.42 Å². The summed E-state index contributed by atoms with van der Waals surface area (Å²) >= 11 is 0. The maximum absolute atomic E-state index is 12.2. The van der Waals surface area contributed by atoms with Crippen LogP contribution in [-0.2, 0) is 30.0 Å². The van der Waals surface area contributed by atoms with Gasteiger partial charge in [-0.3, -0.25) is 4.68 Å². The summed E-state index contributed by atoms with van der Waals surface area (Å²) in [6, 6.07) is 8.74. The first-order valence-electron chi connectivity index (χ1n) is 6.73. The largest absolute Gasteiger partial charge is 0.319 e. The van der Waals surface area contributed by atoms with Crippen LogP contribution in [0.2, 0.25) is 0 Å². The Hall–Kier alpha value is -1.70. The Kier molecular flexibility index (Phi) is 5.11. The predicted molar refractivity (Wildman–Crippen MR) is 81.3 cm³/mol. The predicted octanol–water partition coefficient (Wildman–Crippen LogP) is 0.660. The van der Waals surface area contributed by atoms with Crippen LogP contribution >= 0.6 is 0 Å². The second kappa shape index (κ2) is 6.84. The van der Waals surface area contributed by atoms with Gasteiger partial charge in [-0.1, -0.05) is 12.1 Å². The van der Waals surface area contributed by atoms with E-state index in [1.807, 2.05) is 19.2 Å². The van der Waals surface area contributed by atoms with Gasteiger partial charge in [0.2, 0.25) is 10.0 Å². The van der Waals surface area contributed by atoms with Crippen LogP contribution in [-0.4, -0.2) is 31.8 Å². The highest BCUT2D eigenvalue weighted by Gasteiger charge is 2.14. The van der Waals surface area contributed by atoms with Gasteiger partial charge in [-0.25, -0.2) is 13.1 Å². The molecule has 0 bridgehead atoms. The molecule has 0 aliphatic rings. The monoisotopic (exact) mass is 308 g/mol. The molecule has 7 heteroatoms. The van der Waals surface area contributed by atoms with E-state index in [1.165, 1.54) is 0 Å². The molecule has 0 aliphatic carbocycles. The van der Waals surface area contributed by atoms with Gasteiger partial charge >= 0.3 is 0 Å². The molecule has 2 rings (SSSR count). The lowest BCUT2D eigenvalue weighted by atomic mass is 10.1. The van der Waals surface area contributed by atoms with Crippen molar-refractivity contribution >= 4 is 10.0 Å². The van der Waals surface area contributed by atoms with Gasteiger partial charge in [-0.05, 0) is 43.8 Å². The molecule has 21 heavy (non-hydrogen) atoms. The minimum Gasteiger partial charge on any atom is -0.319 e. The van der Waals surface area contributed by atoms with Crippen molar-refractivity contribution in [1.82, 2.24) is 19.8 Å². The average Bonchev–Trinajstić information content (AvgIpc) is 2.89. The van der Waals surface area contributed by atoms with Crippen molar-refractivity contribution in [2.24, 2.45) is 7.05 Å². The van der Waals surface area contributed by atoms with Crippen LogP contribution in [0.1, 0.15) is 11.3 Å². The Morgan fingerprint density at radius 2 is 1.90 bits per heavy atom. The Balaban J connectivity index is 2.03. The van der Waals surface area contributed by atoms with E-state index in [0.29, 0.717) is 0 Å². The number of hydrogen-bond acceptors (Lipinski definition) is 4. The smallest absolute Gasteiger partial charge is 0.240 e. The molecule has 0 saturated heterocycles. The molecule has 0 aliphatic heterocycles. The molecular formula is C14H20N4O2S. The molecule has 0 spiro atoms. The van der Waals surface area contributed by atoms with Gasteiger partial charge in [0.15, 0.2) is 0 Å². The molecule has 114 valence electrons. The molecule has 1 aromatic carbocycles. The van der Waals surface area contributed by atoms with E-state index in [0.717, 1.165) is 24.2 Å². The first-order valence-corrected chi connectivity index (χ1v) is 8.21. The number of rotatable bonds is 7. The van der Waals surface area contributed by atoms with Crippen molar-refractivity contribution in [3.05, 3.63) is 47.8 Å². The molecular weight excluding hydrogens is 288 g/mol.